The molecule has 1 aliphatic heterocycles. The third-order valence-electron chi connectivity index (χ3n) is 3.21. The summed E-state index contributed by atoms with van der Waals surface area (Å²) in [4.78, 5) is 13.8. The van der Waals surface area contributed by atoms with E-state index in [0.29, 0.717) is 32.9 Å². The fraction of sp³-hybridized carbons (Fsp3) is 0.588. The van der Waals surface area contributed by atoms with Gasteiger partial charge in [0.2, 0.25) is 0 Å². The van der Waals surface area contributed by atoms with Gasteiger partial charge in [-0.25, -0.2) is 4.79 Å². The highest BCUT2D eigenvalue weighted by Crippen LogP contribution is 2.13. The average molecular weight is 307 g/mol. The molecule has 1 saturated heterocycles. The SMILES string of the molecule is CC(C)(C)OC(=O)N1CCOCC(OCc2ccccc2)C1. The molecular formula is C17H25NO4. The van der Waals surface area contributed by atoms with Crippen molar-refractivity contribution >= 4 is 6.09 Å². The quantitative estimate of drug-likeness (QED) is 0.861. The zero-order valence-corrected chi connectivity index (χ0v) is 13.6. The number of nitrogens with zero attached hydrogens (tertiary/aromatic N) is 1. The van der Waals surface area contributed by atoms with Crippen LogP contribution in [0.1, 0.15) is 26.3 Å². The molecule has 0 aliphatic carbocycles. The molecule has 22 heavy (non-hydrogen) atoms. The molecule has 1 aromatic rings. The first kappa shape index (κ1) is 16.8. The number of hydrogen-bond donors (Lipinski definition) is 0. The smallest absolute Gasteiger partial charge is 0.410 e. The molecule has 1 amide bonds. The van der Waals surface area contributed by atoms with Crippen LogP contribution in [0.5, 0.6) is 0 Å². The minimum Gasteiger partial charge on any atom is -0.444 e. The van der Waals surface area contributed by atoms with Crippen molar-refractivity contribution in [2.75, 3.05) is 26.3 Å². The standard InChI is InChI=1S/C17H25NO4/c1-17(2,3)22-16(19)18-9-10-20-13-15(11-18)21-12-14-7-5-4-6-8-14/h4-8,15H,9-13H2,1-3H3. The van der Waals surface area contributed by atoms with E-state index in [9.17, 15) is 4.79 Å². The maximum Gasteiger partial charge on any atom is 0.410 e. The Kier molecular flexibility index (Phi) is 5.80. The van der Waals surface area contributed by atoms with Gasteiger partial charge >= 0.3 is 6.09 Å². The highest BCUT2D eigenvalue weighted by atomic mass is 16.6. The Balaban J connectivity index is 1.88. The summed E-state index contributed by atoms with van der Waals surface area (Å²) >= 11 is 0. The van der Waals surface area contributed by atoms with E-state index in [1.54, 1.807) is 4.90 Å². The summed E-state index contributed by atoms with van der Waals surface area (Å²) in [6.07, 6.45) is -0.457. The fourth-order valence-electron chi connectivity index (χ4n) is 2.16. The molecule has 0 aromatic heterocycles. The van der Waals surface area contributed by atoms with Gasteiger partial charge < -0.3 is 19.1 Å². The number of amides is 1. The molecule has 5 heteroatoms. The molecule has 0 N–H and O–H groups in total. The van der Waals surface area contributed by atoms with Crippen molar-refractivity contribution in [1.82, 2.24) is 4.90 Å². The number of carbonyl (C=O) groups excluding carboxylic acids is 1. The van der Waals surface area contributed by atoms with Gasteiger partial charge in [-0.3, -0.25) is 0 Å². The van der Waals surface area contributed by atoms with Gasteiger partial charge in [-0.15, -0.1) is 0 Å². The van der Waals surface area contributed by atoms with Crippen molar-refractivity contribution in [2.24, 2.45) is 0 Å². The molecule has 0 spiro atoms. The third-order valence-corrected chi connectivity index (χ3v) is 3.21. The first-order valence-corrected chi connectivity index (χ1v) is 7.65. The molecule has 0 bridgehead atoms. The average Bonchev–Trinajstić information content (AvgIpc) is 2.70. The molecular weight excluding hydrogens is 282 g/mol. The Labute approximate surface area is 132 Å². The first-order valence-electron chi connectivity index (χ1n) is 7.65. The van der Waals surface area contributed by atoms with Crippen LogP contribution >= 0.6 is 0 Å². The summed E-state index contributed by atoms with van der Waals surface area (Å²) in [5.41, 5.74) is 0.612. The lowest BCUT2D eigenvalue weighted by atomic mass is 10.2. The van der Waals surface area contributed by atoms with Gasteiger partial charge in [0.05, 0.1) is 32.5 Å². The maximum atomic E-state index is 12.2. The minimum atomic E-state index is -0.495. The van der Waals surface area contributed by atoms with Crippen molar-refractivity contribution in [3.63, 3.8) is 0 Å². The fourth-order valence-corrected chi connectivity index (χ4v) is 2.16. The topological polar surface area (TPSA) is 48.0 Å². The molecule has 0 radical (unpaired) electrons. The molecule has 1 aliphatic rings. The normalized spacial score (nSPS) is 19.6. The molecule has 122 valence electrons. The summed E-state index contributed by atoms with van der Waals surface area (Å²) in [5.74, 6) is 0. The number of ether oxygens (including phenoxy) is 3. The highest BCUT2D eigenvalue weighted by molar-refractivity contribution is 5.68. The van der Waals surface area contributed by atoms with Crippen molar-refractivity contribution in [1.29, 1.82) is 0 Å². The van der Waals surface area contributed by atoms with Crippen LogP contribution in [0.4, 0.5) is 4.79 Å². The van der Waals surface area contributed by atoms with Crippen molar-refractivity contribution in [3.8, 4) is 0 Å². The monoisotopic (exact) mass is 307 g/mol. The Morgan fingerprint density at radius 2 is 2.05 bits per heavy atom. The second-order valence-corrected chi connectivity index (χ2v) is 6.42. The van der Waals surface area contributed by atoms with Crippen LogP contribution in [0.15, 0.2) is 30.3 Å². The second-order valence-electron chi connectivity index (χ2n) is 6.42. The van der Waals surface area contributed by atoms with Crippen molar-refractivity contribution < 1.29 is 19.0 Å². The highest BCUT2D eigenvalue weighted by Gasteiger charge is 2.27. The van der Waals surface area contributed by atoms with Gasteiger partial charge in [0.1, 0.15) is 5.60 Å². The molecule has 1 aromatic carbocycles. The number of carbonyl (C=O) groups is 1. The van der Waals surface area contributed by atoms with E-state index in [2.05, 4.69) is 0 Å². The lowest BCUT2D eigenvalue weighted by Gasteiger charge is -2.27. The van der Waals surface area contributed by atoms with E-state index >= 15 is 0 Å². The summed E-state index contributed by atoms with van der Waals surface area (Å²) < 4.78 is 16.8. The van der Waals surface area contributed by atoms with E-state index in [1.165, 1.54) is 0 Å². The van der Waals surface area contributed by atoms with Gasteiger partial charge in [-0.1, -0.05) is 30.3 Å². The second kappa shape index (κ2) is 7.61. The molecule has 1 unspecified atom stereocenters. The third kappa shape index (κ3) is 5.66. The van der Waals surface area contributed by atoms with Gasteiger partial charge in [0, 0.05) is 6.54 Å². The Hall–Kier alpha value is -1.59. The van der Waals surface area contributed by atoms with Gasteiger partial charge in [0.15, 0.2) is 0 Å². The number of hydrogen-bond acceptors (Lipinski definition) is 4. The van der Waals surface area contributed by atoms with Gasteiger partial charge in [-0.2, -0.15) is 0 Å². The number of benzene rings is 1. The predicted octanol–water partition coefficient (Wildman–Crippen LogP) is 2.84. The molecule has 1 atom stereocenters. The number of rotatable bonds is 3. The van der Waals surface area contributed by atoms with Crippen LogP contribution in [-0.2, 0) is 20.8 Å². The predicted molar refractivity (Wildman–Crippen MR) is 83.6 cm³/mol. The Morgan fingerprint density at radius 3 is 2.73 bits per heavy atom. The van der Waals surface area contributed by atoms with Gasteiger partial charge in [-0.05, 0) is 26.3 Å². The molecule has 2 rings (SSSR count). The van der Waals surface area contributed by atoms with E-state index in [1.807, 2.05) is 51.1 Å². The van der Waals surface area contributed by atoms with Crippen LogP contribution in [0.3, 0.4) is 0 Å². The minimum absolute atomic E-state index is 0.143. The first-order chi connectivity index (χ1) is 10.4. The van der Waals surface area contributed by atoms with E-state index < -0.39 is 5.60 Å². The Morgan fingerprint density at radius 1 is 1.32 bits per heavy atom. The van der Waals surface area contributed by atoms with Crippen LogP contribution in [0.25, 0.3) is 0 Å². The van der Waals surface area contributed by atoms with Crippen LogP contribution in [0, 0.1) is 0 Å². The largest absolute Gasteiger partial charge is 0.444 e. The van der Waals surface area contributed by atoms with Crippen LogP contribution in [-0.4, -0.2) is 49.0 Å². The molecule has 1 fully saturated rings. The summed E-state index contributed by atoms with van der Waals surface area (Å²) in [6, 6.07) is 9.97. The molecule has 0 saturated carbocycles. The maximum absolute atomic E-state index is 12.2. The Bertz CT molecular complexity index is 469. The van der Waals surface area contributed by atoms with Crippen LogP contribution < -0.4 is 0 Å². The van der Waals surface area contributed by atoms with E-state index in [0.717, 1.165) is 5.56 Å². The summed E-state index contributed by atoms with van der Waals surface area (Å²) in [5, 5.41) is 0. The van der Waals surface area contributed by atoms with Crippen LogP contribution in [0.2, 0.25) is 0 Å². The molecule has 5 nitrogen and oxygen atoms in total. The lowest BCUT2D eigenvalue weighted by Crippen LogP contribution is -2.41. The van der Waals surface area contributed by atoms with Gasteiger partial charge in [0.25, 0.3) is 0 Å². The molecule has 1 heterocycles. The summed E-state index contributed by atoms with van der Waals surface area (Å²) in [7, 11) is 0. The lowest BCUT2D eigenvalue weighted by molar-refractivity contribution is -0.0196. The van der Waals surface area contributed by atoms with Crippen molar-refractivity contribution in [3.05, 3.63) is 35.9 Å². The zero-order chi connectivity index (χ0) is 16.0. The summed E-state index contributed by atoms with van der Waals surface area (Å²) in [6.45, 7) is 8.11. The van der Waals surface area contributed by atoms with E-state index in [4.69, 9.17) is 14.2 Å². The van der Waals surface area contributed by atoms with E-state index in [-0.39, 0.29) is 12.2 Å². The zero-order valence-electron chi connectivity index (χ0n) is 13.6. The van der Waals surface area contributed by atoms with Crippen molar-refractivity contribution in [2.45, 2.75) is 39.1 Å².